The van der Waals surface area contributed by atoms with Crippen LogP contribution in [0.5, 0.6) is 0 Å². The van der Waals surface area contributed by atoms with E-state index in [2.05, 4.69) is 60.7 Å². The molecule has 0 unspecified atom stereocenters. The van der Waals surface area contributed by atoms with Gasteiger partial charge in [-0.25, -0.2) is 0 Å². The summed E-state index contributed by atoms with van der Waals surface area (Å²) in [6, 6.07) is 29.4. The second kappa shape index (κ2) is 6.03. The number of rotatable bonds is 2. The molecule has 2 heteroatoms. The molecular weight excluding hydrogens is 328 g/mol. The first-order valence-corrected chi connectivity index (χ1v) is 9.18. The van der Waals surface area contributed by atoms with E-state index in [1.807, 2.05) is 24.3 Å². The average Bonchev–Trinajstić information content (AvgIpc) is 3.11. The maximum Gasteiger partial charge on any atom is 0.0637 e. The van der Waals surface area contributed by atoms with Crippen LogP contribution in [-0.2, 0) is 6.42 Å². The Bertz CT molecular complexity index is 1140. The van der Waals surface area contributed by atoms with Gasteiger partial charge in [0.15, 0.2) is 0 Å². The fraction of sp³-hybridized carbons (Fsp3) is 0.0400. The Hall–Kier alpha value is -3.52. The van der Waals surface area contributed by atoms with Crippen molar-refractivity contribution in [2.24, 2.45) is 0 Å². The first kappa shape index (κ1) is 15.7. The molecule has 0 heterocycles. The third-order valence-corrected chi connectivity index (χ3v) is 5.47. The number of hydrogen-bond acceptors (Lipinski definition) is 2. The molecule has 1 aliphatic carbocycles. The number of hydrogen-bond donors (Lipinski definition) is 2. The molecule has 0 atom stereocenters. The van der Waals surface area contributed by atoms with Crippen LogP contribution in [0.15, 0.2) is 84.9 Å². The highest BCUT2D eigenvalue weighted by Gasteiger charge is 2.29. The summed E-state index contributed by atoms with van der Waals surface area (Å²) in [5, 5.41) is 0. The normalized spacial score (nSPS) is 11.9. The van der Waals surface area contributed by atoms with Crippen LogP contribution in [-0.4, -0.2) is 0 Å². The fourth-order valence-corrected chi connectivity index (χ4v) is 4.23. The second-order valence-electron chi connectivity index (χ2n) is 7.00. The molecule has 0 spiro atoms. The van der Waals surface area contributed by atoms with Crippen LogP contribution in [0.4, 0.5) is 11.4 Å². The molecule has 130 valence electrons. The zero-order valence-electron chi connectivity index (χ0n) is 14.9. The molecule has 0 amide bonds. The summed E-state index contributed by atoms with van der Waals surface area (Å²) in [4.78, 5) is 0. The lowest BCUT2D eigenvalue weighted by Crippen LogP contribution is -2.04. The van der Waals surface area contributed by atoms with Crippen molar-refractivity contribution in [1.82, 2.24) is 0 Å². The van der Waals surface area contributed by atoms with Gasteiger partial charge < -0.3 is 11.5 Å². The van der Waals surface area contributed by atoms with E-state index in [4.69, 9.17) is 11.5 Å². The Labute approximate surface area is 159 Å². The molecule has 1 aliphatic rings. The molecule has 4 aromatic carbocycles. The average molecular weight is 348 g/mol. The summed E-state index contributed by atoms with van der Waals surface area (Å²) in [5.41, 5.74) is 24.0. The maximum atomic E-state index is 6.64. The Morgan fingerprint density at radius 1 is 0.519 bits per heavy atom. The maximum absolute atomic E-state index is 6.64. The number of nitrogens with two attached hydrogens (primary N) is 2. The summed E-state index contributed by atoms with van der Waals surface area (Å²) in [6.45, 7) is 0. The van der Waals surface area contributed by atoms with E-state index in [9.17, 15) is 0 Å². The van der Waals surface area contributed by atoms with Crippen LogP contribution < -0.4 is 11.5 Å². The molecule has 27 heavy (non-hydrogen) atoms. The van der Waals surface area contributed by atoms with E-state index in [-0.39, 0.29) is 0 Å². The highest BCUT2D eigenvalue weighted by Crippen LogP contribution is 2.52. The van der Waals surface area contributed by atoms with Gasteiger partial charge in [0.05, 0.1) is 11.4 Å². The predicted molar refractivity (Wildman–Crippen MR) is 114 cm³/mol. The van der Waals surface area contributed by atoms with Crippen molar-refractivity contribution in [3.8, 4) is 33.4 Å². The van der Waals surface area contributed by atoms with E-state index in [0.29, 0.717) is 11.4 Å². The van der Waals surface area contributed by atoms with Gasteiger partial charge in [-0.15, -0.1) is 0 Å². The molecule has 0 saturated heterocycles. The monoisotopic (exact) mass is 348 g/mol. The van der Waals surface area contributed by atoms with Gasteiger partial charge in [-0.1, -0.05) is 84.9 Å². The van der Waals surface area contributed by atoms with Gasteiger partial charge in [0, 0.05) is 12.0 Å². The molecule has 5 rings (SSSR count). The van der Waals surface area contributed by atoms with Crippen molar-refractivity contribution in [2.45, 2.75) is 6.42 Å². The standard InChI is InChI=1S/C25H20N2/c26-24-20-15-18-13-7-8-14-19(18)23(20)21(16-9-3-1-4-10-16)22(25(24)27)17-11-5-2-6-12-17/h1-14H,15,26-27H2. The molecule has 0 radical (unpaired) electrons. The summed E-state index contributed by atoms with van der Waals surface area (Å²) in [5.74, 6) is 0. The van der Waals surface area contributed by atoms with Crippen molar-refractivity contribution in [3.05, 3.63) is 96.1 Å². The zero-order chi connectivity index (χ0) is 18.4. The van der Waals surface area contributed by atoms with Gasteiger partial charge in [0.25, 0.3) is 0 Å². The Balaban J connectivity index is 1.95. The second-order valence-corrected chi connectivity index (χ2v) is 7.00. The SMILES string of the molecule is Nc1c(N)c(-c2ccccc2)c(-c2ccccc2)c2c1Cc1ccccc1-2. The van der Waals surface area contributed by atoms with E-state index in [1.165, 1.54) is 22.3 Å². The molecule has 4 N–H and O–H groups in total. The molecule has 0 aliphatic heterocycles. The quantitative estimate of drug-likeness (QED) is 0.399. The minimum Gasteiger partial charge on any atom is -0.397 e. The lowest BCUT2D eigenvalue weighted by Gasteiger charge is -2.21. The highest BCUT2D eigenvalue weighted by atomic mass is 14.7. The summed E-state index contributed by atoms with van der Waals surface area (Å²) < 4.78 is 0. The van der Waals surface area contributed by atoms with E-state index in [1.54, 1.807) is 0 Å². The minimum absolute atomic E-state index is 0.673. The third kappa shape index (κ3) is 2.34. The van der Waals surface area contributed by atoms with Crippen molar-refractivity contribution in [2.75, 3.05) is 11.5 Å². The third-order valence-electron chi connectivity index (χ3n) is 5.47. The molecule has 0 bridgehead atoms. The first-order chi connectivity index (χ1) is 13.3. The Kier molecular flexibility index (Phi) is 3.51. The summed E-state index contributed by atoms with van der Waals surface area (Å²) in [6.07, 6.45) is 0.830. The molecule has 2 nitrogen and oxygen atoms in total. The number of nitrogen functional groups attached to an aromatic ring is 2. The summed E-state index contributed by atoms with van der Waals surface area (Å²) in [7, 11) is 0. The minimum atomic E-state index is 0.673. The number of anilines is 2. The van der Waals surface area contributed by atoms with Crippen LogP contribution in [0.3, 0.4) is 0 Å². The topological polar surface area (TPSA) is 52.0 Å². The Morgan fingerprint density at radius 3 is 1.74 bits per heavy atom. The molecule has 0 saturated carbocycles. The lowest BCUT2D eigenvalue weighted by molar-refractivity contribution is 1.27. The van der Waals surface area contributed by atoms with Crippen LogP contribution >= 0.6 is 0 Å². The van der Waals surface area contributed by atoms with Gasteiger partial charge in [0.1, 0.15) is 0 Å². The highest BCUT2D eigenvalue weighted by molar-refractivity contribution is 6.07. The van der Waals surface area contributed by atoms with Crippen LogP contribution in [0.1, 0.15) is 11.1 Å². The Morgan fingerprint density at radius 2 is 1.07 bits per heavy atom. The van der Waals surface area contributed by atoms with Gasteiger partial charge in [0.2, 0.25) is 0 Å². The van der Waals surface area contributed by atoms with E-state index >= 15 is 0 Å². The molecule has 4 aromatic rings. The van der Waals surface area contributed by atoms with Crippen LogP contribution in [0, 0.1) is 0 Å². The fourth-order valence-electron chi connectivity index (χ4n) is 4.23. The van der Waals surface area contributed by atoms with Crippen LogP contribution in [0.2, 0.25) is 0 Å². The number of benzene rings is 4. The molecule has 0 aromatic heterocycles. The zero-order valence-corrected chi connectivity index (χ0v) is 14.9. The smallest absolute Gasteiger partial charge is 0.0637 e. The van der Waals surface area contributed by atoms with Crippen molar-refractivity contribution < 1.29 is 0 Å². The van der Waals surface area contributed by atoms with Crippen molar-refractivity contribution in [1.29, 1.82) is 0 Å². The lowest BCUT2D eigenvalue weighted by atomic mass is 9.85. The summed E-state index contributed by atoms with van der Waals surface area (Å²) >= 11 is 0. The van der Waals surface area contributed by atoms with Crippen LogP contribution in [0.25, 0.3) is 33.4 Å². The largest absolute Gasteiger partial charge is 0.397 e. The number of fused-ring (bicyclic) bond motifs is 3. The van der Waals surface area contributed by atoms with E-state index < -0.39 is 0 Å². The van der Waals surface area contributed by atoms with Crippen molar-refractivity contribution in [3.63, 3.8) is 0 Å². The first-order valence-electron chi connectivity index (χ1n) is 9.18. The molecular formula is C25H20N2. The van der Waals surface area contributed by atoms with Gasteiger partial charge in [-0.2, -0.15) is 0 Å². The predicted octanol–water partition coefficient (Wildman–Crippen LogP) is 5.76. The van der Waals surface area contributed by atoms with Gasteiger partial charge in [-0.3, -0.25) is 0 Å². The van der Waals surface area contributed by atoms with Gasteiger partial charge >= 0.3 is 0 Å². The van der Waals surface area contributed by atoms with Gasteiger partial charge in [-0.05, 0) is 38.9 Å². The molecule has 0 fully saturated rings. The van der Waals surface area contributed by atoms with E-state index in [0.717, 1.165) is 28.7 Å². The van der Waals surface area contributed by atoms with Crippen molar-refractivity contribution >= 4 is 11.4 Å².